The molecule has 44 heavy (non-hydrogen) atoms. The predicted octanol–water partition coefficient (Wildman–Crippen LogP) is 6.08. The van der Waals surface area contributed by atoms with Crippen molar-refractivity contribution in [2.45, 2.75) is 29.7 Å². The summed E-state index contributed by atoms with van der Waals surface area (Å²) in [5.41, 5.74) is -0.0434. The third-order valence-corrected chi connectivity index (χ3v) is 8.85. The van der Waals surface area contributed by atoms with Crippen LogP contribution in [0.1, 0.15) is 34.0 Å². The van der Waals surface area contributed by atoms with Crippen LogP contribution in [-0.4, -0.2) is 50.3 Å². The molecule has 228 valence electrons. The zero-order valence-electron chi connectivity index (χ0n) is 22.5. The van der Waals surface area contributed by atoms with Crippen molar-refractivity contribution in [2.24, 2.45) is 7.05 Å². The van der Waals surface area contributed by atoms with Crippen molar-refractivity contribution in [3.05, 3.63) is 89.5 Å². The Bertz CT molecular complexity index is 1810. The number of thioether (sulfide) groups is 1. The highest BCUT2D eigenvalue weighted by Crippen LogP contribution is 2.58. The van der Waals surface area contributed by atoms with Crippen LogP contribution in [-0.2, 0) is 21.5 Å². The zero-order chi connectivity index (χ0) is 31.6. The van der Waals surface area contributed by atoms with Gasteiger partial charge in [0.25, 0.3) is 11.7 Å². The van der Waals surface area contributed by atoms with E-state index in [1.165, 1.54) is 7.05 Å². The number of ketones is 1. The quantitative estimate of drug-likeness (QED) is 0.200. The summed E-state index contributed by atoms with van der Waals surface area (Å²) in [4.78, 5) is 41.2. The van der Waals surface area contributed by atoms with E-state index in [0.717, 1.165) is 39.5 Å². The fourth-order valence-electron chi connectivity index (χ4n) is 5.49. The number of anilines is 1. The van der Waals surface area contributed by atoms with E-state index >= 15 is 0 Å². The fourth-order valence-corrected chi connectivity index (χ4v) is 6.87. The van der Waals surface area contributed by atoms with Gasteiger partial charge in [-0.05, 0) is 29.8 Å². The number of imidazole rings is 1. The van der Waals surface area contributed by atoms with E-state index in [9.17, 15) is 40.7 Å². The first kappa shape index (κ1) is 29.5. The molecule has 4 aromatic rings. The molecule has 6 rings (SSSR count). The molecular formula is C29H20F6N4O4S. The lowest BCUT2D eigenvalue weighted by atomic mass is 9.91. The molecule has 0 aliphatic carbocycles. The molecule has 1 spiro atoms. The molecule has 1 saturated heterocycles. The van der Waals surface area contributed by atoms with Crippen molar-refractivity contribution < 1.29 is 45.5 Å². The minimum atomic E-state index is -5.49. The number of carbonyl (C=O) groups is 3. The monoisotopic (exact) mass is 634 g/mol. The summed E-state index contributed by atoms with van der Waals surface area (Å²) in [5.74, 6) is -6.15. The summed E-state index contributed by atoms with van der Waals surface area (Å²) >= 11 is 1.02. The maximum absolute atomic E-state index is 14.3. The summed E-state index contributed by atoms with van der Waals surface area (Å²) in [6.45, 7) is 0. The first-order valence-electron chi connectivity index (χ1n) is 13.0. The number of aromatic nitrogens is 2. The van der Waals surface area contributed by atoms with Crippen LogP contribution in [0.5, 0.6) is 5.75 Å². The highest BCUT2D eigenvalue weighted by atomic mass is 32.2. The second-order valence-electron chi connectivity index (χ2n) is 10.1. The van der Waals surface area contributed by atoms with Gasteiger partial charge in [-0.2, -0.15) is 31.4 Å². The largest absolute Gasteiger partial charge is 0.485 e. The molecule has 0 radical (unpaired) electrons. The van der Waals surface area contributed by atoms with E-state index in [1.54, 1.807) is 54.6 Å². The average molecular weight is 635 g/mol. The van der Waals surface area contributed by atoms with Gasteiger partial charge in [0.05, 0.1) is 16.8 Å². The number of halogens is 6. The number of nitrogens with zero attached hydrogens (tertiary/aromatic N) is 4. The van der Waals surface area contributed by atoms with Gasteiger partial charge in [-0.1, -0.05) is 48.5 Å². The van der Waals surface area contributed by atoms with Gasteiger partial charge in [-0.25, -0.2) is 9.99 Å². The summed E-state index contributed by atoms with van der Waals surface area (Å²) in [6.07, 6.45) is -11.5. The maximum Gasteiger partial charge on any atom is 0.473 e. The molecule has 2 amide bonds. The van der Waals surface area contributed by atoms with Crippen molar-refractivity contribution in [2.75, 3.05) is 10.8 Å². The molecule has 2 aliphatic rings. The van der Waals surface area contributed by atoms with Gasteiger partial charge in [0.1, 0.15) is 16.7 Å². The number of alkyl halides is 6. The number of carbonyl (C=O) groups excluding carboxylic acids is 3. The van der Waals surface area contributed by atoms with E-state index in [2.05, 4.69) is 4.98 Å². The number of Topliss-reactive ketones (excluding diaryl/α,β-unsaturated/α-hetero) is 1. The van der Waals surface area contributed by atoms with E-state index in [-0.39, 0.29) is 28.2 Å². The van der Waals surface area contributed by atoms with Gasteiger partial charge in [0, 0.05) is 24.6 Å². The fraction of sp³-hybridized carbons (Fsp3) is 0.241. The van der Waals surface area contributed by atoms with Crippen molar-refractivity contribution in [3.8, 4) is 5.75 Å². The molecule has 3 aromatic carbocycles. The predicted molar refractivity (Wildman–Crippen MR) is 146 cm³/mol. The second-order valence-corrected chi connectivity index (χ2v) is 11.4. The number of benzene rings is 3. The molecule has 2 aliphatic heterocycles. The molecule has 2 unspecified atom stereocenters. The standard InChI is InChI=1S/C29H20F6N4O4S/c1-37-20-12-11-17(24(41)28(30,31)32)13-19(20)36-26(37)38(25(42)29(33,34)35)39-23(40)15-44-27(39)14-22(16-7-3-2-4-8-16)43-21-10-6-5-9-18(21)27/h2-13,22H,14-15H2,1H3. The SMILES string of the molecule is Cn1c(N(C(=O)C(F)(F)F)N2C(=O)CSC23CC(c2ccccc2)Oc2ccccc23)nc2cc(C(=O)C(F)(F)F)ccc21. The van der Waals surface area contributed by atoms with Crippen LogP contribution < -0.4 is 9.75 Å². The number of amides is 2. The van der Waals surface area contributed by atoms with Crippen LogP contribution in [0.25, 0.3) is 11.0 Å². The third-order valence-electron chi connectivity index (χ3n) is 7.42. The van der Waals surface area contributed by atoms with E-state index in [4.69, 9.17) is 4.74 Å². The molecule has 2 atom stereocenters. The van der Waals surface area contributed by atoms with Gasteiger partial charge in [0.15, 0.2) is 0 Å². The van der Waals surface area contributed by atoms with E-state index in [0.29, 0.717) is 16.9 Å². The van der Waals surface area contributed by atoms with E-state index < -0.39 is 52.4 Å². The Morgan fingerprint density at radius 2 is 1.66 bits per heavy atom. The van der Waals surface area contributed by atoms with Crippen molar-refractivity contribution in [3.63, 3.8) is 0 Å². The van der Waals surface area contributed by atoms with Crippen LogP contribution in [0.2, 0.25) is 0 Å². The highest BCUT2D eigenvalue weighted by Gasteiger charge is 2.60. The van der Waals surface area contributed by atoms with Crippen LogP contribution in [0, 0.1) is 0 Å². The topological polar surface area (TPSA) is 84.7 Å². The lowest BCUT2D eigenvalue weighted by Gasteiger charge is -2.47. The first-order valence-corrected chi connectivity index (χ1v) is 14.0. The van der Waals surface area contributed by atoms with Crippen molar-refractivity contribution >= 4 is 46.3 Å². The van der Waals surface area contributed by atoms with Gasteiger partial charge in [-0.3, -0.25) is 14.4 Å². The Balaban J connectivity index is 1.55. The highest BCUT2D eigenvalue weighted by molar-refractivity contribution is 8.01. The Kier molecular flexibility index (Phi) is 6.90. The lowest BCUT2D eigenvalue weighted by molar-refractivity contribution is -0.176. The number of fused-ring (bicyclic) bond motifs is 3. The molecule has 8 nitrogen and oxygen atoms in total. The van der Waals surface area contributed by atoms with Gasteiger partial charge < -0.3 is 9.30 Å². The lowest BCUT2D eigenvalue weighted by Crippen LogP contribution is -2.60. The second kappa shape index (κ2) is 10.3. The number of aryl methyl sites for hydroxylation is 1. The van der Waals surface area contributed by atoms with Crippen molar-refractivity contribution in [1.29, 1.82) is 0 Å². The summed E-state index contributed by atoms with van der Waals surface area (Å²) in [6, 6.07) is 18.0. The Hall–Kier alpha value is -4.53. The van der Waals surface area contributed by atoms with Gasteiger partial charge in [0.2, 0.25) is 5.95 Å². The third kappa shape index (κ3) is 4.75. The molecule has 15 heteroatoms. The number of ether oxygens (including phenoxy) is 1. The van der Waals surface area contributed by atoms with Crippen LogP contribution >= 0.6 is 11.8 Å². The molecule has 0 N–H and O–H groups in total. The minimum absolute atomic E-state index is 0.0154. The number of hydrogen-bond acceptors (Lipinski definition) is 6. The molecule has 0 bridgehead atoms. The zero-order valence-corrected chi connectivity index (χ0v) is 23.3. The average Bonchev–Trinajstić information content (AvgIpc) is 3.48. The first-order chi connectivity index (χ1) is 20.7. The normalized spacial score (nSPS) is 20.1. The molecule has 1 fully saturated rings. The summed E-state index contributed by atoms with van der Waals surface area (Å²) in [7, 11) is 1.25. The summed E-state index contributed by atoms with van der Waals surface area (Å²) in [5, 5.41) is 0.867. The molecule has 3 heterocycles. The smallest absolute Gasteiger partial charge is 0.473 e. The van der Waals surface area contributed by atoms with Crippen molar-refractivity contribution in [1.82, 2.24) is 14.6 Å². The summed E-state index contributed by atoms with van der Waals surface area (Å²) < 4.78 is 89.4. The maximum atomic E-state index is 14.3. The van der Waals surface area contributed by atoms with Crippen LogP contribution in [0.3, 0.4) is 0 Å². The number of hydrazine groups is 1. The van der Waals surface area contributed by atoms with Gasteiger partial charge in [-0.15, -0.1) is 11.8 Å². The van der Waals surface area contributed by atoms with E-state index in [1.807, 2.05) is 0 Å². The van der Waals surface area contributed by atoms with Gasteiger partial charge >= 0.3 is 18.3 Å². The Morgan fingerprint density at radius 1 is 0.977 bits per heavy atom. The molecule has 1 aromatic heterocycles. The number of hydrogen-bond donors (Lipinski definition) is 0. The van der Waals surface area contributed by atoms with Crippen LogP contribution in [0.15, 0.2) is 72.8 Å². The number of para-hydroxylation sites is 1. The Labute approximate surface area is 249 Å². The molecular weight excluding hydrogens is 614 g/mol. The molecule has 0 saturated carbocycles. The minimum Gasteiger partial charge on any atom is -0.485 e. The Morgan fingerprint density at radius 3 is 2.34 bits per heavy atom. The number of rotatable bonds is 4. The van der Waals surface area contributed by atoms with Crippen LogP contribution in [0.4, 0.5) is 32.3 Å².